The molecule has 2 saturated heterocycles. The van der Waals surface area contributed by atoms with Gasteiger partial charge in [-0.3, -0.25) is 19.3 Å². The Morgan fingerprint density at radius 1 is 0.866 bits per heavy atom. The Morgan fingerprint density at radius 2 is 1.51 bits per heavy atom. The molecule has 1 N–H and O–H groups in total. The molecule has 2 atom stereocenters. The van der Waals surface area contributed by atoms with Gasteiger partial charge in [0.1, 0.15) is 29.8 Å². The van der Waals surface area contributed by atoms with E-state index < -0.39 is 64.6 Å². The van der Waals surface area contributed by atoms with Crippen LogP contribution in [0.1, 0.15) is 73.5 Å². The van der Waals surface area contributed by atoms with Crippen molar-refractivity contribution in [2.24, 2.45) is 0 Å². The number of likely N-dealkylation sites (N-methyl/N-ethyl adjacent to an activating group) is 1. The molecule has 0 saturated carbocycles. The van der Waals surface area contributed by atoms with Gasteiger partial charge in [-0.2, -0.15) is 26.3 Å². The summed E-state index contributed by atoms with van der Waals surface area (Å²) in [6.07, 6.45) is -9.03. The number of ether oxygens (including phenoxy) is 2. The number of piperidine rings is 1. The number of thiophene rings is 1. The fourth-order valence-electron chi connectivity index (χ4n) is 9.25. The van der Waals surface area contributed by atoms with Crippen molar-refractivity contribution in [3.05, 3.63) is 123 Å². The number of carboxylic acid groups (broad SMARTS) is 1. The second kappa shape index (κ2) is 19.6. The smallest absolute Gasteiger partial charge is 0.416 e. The Balaban J connectivity index is 0.967. The lowest BCUT2D eigenvalue weighted by molar-refractivity contribution is -0.143. The lowest BCUT2D eigenvalue weighted by Gasteiger charge is -2.44. The first-order valence-corrected chi connectivity index (χ1v) is 22.4. The summed E-state index contributed by atoms with van der Waals surface area (Å²) in [4.78, 5) is 59.1. The molecule has 4 amide bonds. The number of amides is 4. The van der Waals surface area contributed by atoms with Crippen LogP contribution in [0.2, 0.25) is 0 Å². The molecule has 20 heteroatoms. The second-order valence-corrected chi connectivity index (χ2v) is 18.4. The van der Waals surface area contributed by atoms with Gasteiger partial charge in [-0.1, -0.05) is 36.4 Å². The third-order valence-electron chi connectivity index (χ3n) is 13.2. The van der Waals surface area contributed by atoms with E-state index in [1.165, 1.54) is 36.2 Å². The molecule has 1 spiro atoms. The Morgan fingerprint density at radius 3 is 2.15 bits per heavy atom. The summed E-state index contributed by atoms with van der Waals surface area (Å²) in [7, 11) is 4.72. The van der Waals surface area contributed by atoms with Crippen LogP contribution in [-0.4, -0.2) is 128 Å². The molecule has 12 nitrogen and oxygen atoms in total. The highest BCUT2D eigenvalue weighted by Gasteiger charge is 2.50. The summed E-state index contributed by atoms with van der Waals surface area (Å²) in [5.74, 6) is -2.09. The maximum Gasteiger partial charge on any atom is 0.416 e. The van der Waals surface area contributed by atoms with Gasteiger partial charge in [0.05, 0.1) is 28.7 Å². The van der Waals surface area contributed by atoms with Crippen molar-refractivity contribution >= 4 is 40.2 Å². The van der Waals surface area contributed by atoms with Crippen molar-refractivity contribution < 1.29 is 64.5 Å². The predicted molar refractivity (Wildman–Crippen MR) is 233 cm³/mol. The molecule has 2 fully saturated rings. The minimum absolute atomic E-state index is 0.0355. The fraction of sp³-hybridized carbons (Fsp3) is 0.447. The molecule has 3 heterocycles. The van der Waals surface area contributed by atoms with Crippen LogP contribution in [0.4, 0.5) is 40.5 Å². The summed E-state index contributed by atoms with van der Waals surface area (Å²) in [5.41, 5.74) is -2.90. The SMILES string of the molecule is CN(CCCN(C)C(=O)c1ccc(N(C)C(=O)O)s1)C(=O)CO[C@H]1Cc2ccccc2C12CCN(CC[C@@]1(c3ccc(F)cc3)CN(C(=O)c3cc(C(F)(F)F)cc(C(F)(F)F)c3)CO1)CC2. The van der Waals surface area contributed by atoms with E-state index >= 15 is 0 Å². The number of halogens is 7. The minimum atomic E-state index is -5.14. The monoisotopic (exact) mass is 961 g/mol. The van der Waals surface area contributed by atoms with Crippen molar-refractivity contribution in [3.63, 3.8) is 0 Å². The van der Waals surface area contributed by atoms with Gasteiger partial charge in [0.25, 0.3) is 11.8 Å². The fourth-order valence-corrected chi connectivity index (χ4v) is 10.2. The van der Waals surface area contributed by atoms with E-state index in [0.29, 0.717) is 86.0 Å². The van der Waals surface area contributed by atoms with Crippen LogP contribution in [0.15, 0.2) is 78.9 Å². The molecule has 1 aromatic heterocycles. The third-order valence-corrected chi connectivity index (χ3v) is 14.3. The van der Waals surface area contributed by atoms with E-state index in [4.69, 9.17) is 9.47 Å². The van der Waals surface area contributed by atoms with Crippen molar-refractivity contribution in [1.82, 2.24) is 19.6 Å². The number of carbonyl (C=O) groups is 4. The highest BCUT2D eigenvalue weighted by atomic mass is 32.1. The standard InChI is InChI=1S/C47H50F7N5O7S/c1-55(18-6-19-56(2)42(62)37-13-14-40(67-37)57(3)43(63)64)39(60)27-65-38-25-30-7-4-5-8-36(30)44(38)15-20-58(21-16-44)22-17-45(32-9-11-35(48)12-10-32)28-59(29-66-45)41(61)31-23-33(46(49,50)51)26-34(24-31)47(52,53)54/h4-5,7-14,23-24,26,38H,6,15-22,25,27-29H2,1-3H3,(H,63,64)/t38-,45-/m0/s1. The van der Waals surface area contributed by atoms with Gasteiger partial charge < -0.3 is 34.2 Å². The first kappa shape index (κ1) is 49.3. The number of carbonyl (C=O) groups excluding carboxylic acids is 3. The number of fused-ring (bicyclic) bond motifs is 2. The van der Waals surface area contributed by atoms with E-state index in [9.17, 15) is 55.0 Å². The van der Waals surface area contributed by atoms with Gasteiger partial charge in [0.15, 0.2) is 0 Å². The highest BCUT2D eigenvalue weighted by molar-refractivity contribution is 7.18. The predicted octanol–water partition coefficient (Wildman–Crippen LogP) is 8.35. The molecule has 0 unspecified atom stereocenters. The van der Waals surface area contributed by atoms with Gasteiger partial charge in [-0.15, -0.1) is 11.3 Å². The molecule has 2 aliphatic heterocycles. The number of hydrogen-bond donors (Lipinski definition) is 1. The van der Waals surface area contributed by atoms with Crippen LogP contribution in [0.5, 0.6) is 0 Å². The van der Waals surface area contributed by atoms with Gasteiger partial charge in [-0.25, -0.2) is 9.18 Å². The molecule has 3 aromatic carbocycles. The minimum Gasteiger partial charge on any atom is -0.465 e. The number of nitrogens with zero attached hydrogens (tertiary/aromatic N) is 5. The topological polar surface area (TPSA) is 123 Å². The number of anilines is 1. The van der Waals surface area contributed by atoms with Crippen LogP contribution in [0.3, 0.4) is 0 Å². The molecule has 4 aromatic rings. The molecule has 0 radical (unpaired) electrons. The maximum atomic E-state index is 14.1. The van der Waals surface area contributed by atoms with Crippen molar-refractivity contribution in [2.45, 2.75) is 61.6 Å². The van der Waals surface area contributed by atoms with E-state index in [1.807, 2.05) is 12.1 Å². The van der Waals surface area contributed by atoms with Crippen molar-refractivity contribution in [3.8, 4) is 0 Å². The average molecular weight is 962 g/mol. The number of alkyl halides is 6. The molecule has 3 aliphatic rings. The molecular weight excluding hydrogens is 912 g/mol. The summed E-state index contributed by atoms with van der Waals surface area (Å²) < 4.78 is 109. The zero-order chi connectivity index (χ0) is 48.5. The number of rotatable bonds is 14. The molecule has 7 rings (SSSR count). The Bertz CT molecular complexity index is 2430. The number of hydrogen-bond acceptors (Lipinski definition) is 8. The molecular formula is C47H50F7N5O7S. The number of benzene rings is 3. The van der Waals surface area contributed by atoms with Crippen molar-refractivity contribution in [2.75, 3.05) is 78.6 Å². The van der Waals surface area contributed by atoms with Gasteiger partial charge >= 0.3 is 18.4 Å². The van der Waals surface area contributed by atoms with E-state index in [-0.39, 0.29) is 43.6 Å². The third kappa shape index (κ3) is 10.8. The molecule has 360 valence electrons. The summed E-state index contributed by atoms with van der Waals surface area (Å²) >= 11 is 1.08. The van der Waals surface area contributed by atoms with Crippen LogP contribution in [0.25, 0.3) is 0 Å². The van der Waals surface area contributed by atoms with Gasteiger partial charge in [0, 0.05) is 51.8 Å². The van der Waals surface area contributed by atoms with Crippen LogP contribution in [-0.2, 0) is 44.1 Å². The van der Waals surface area contributed by atoms with E-state index in [2.05, 4.69) is 17.0 Å². The first-order valence-electron chi connectivity index (χ1n) is 21.6. The maximum absolute atomic E-state index is 14.1. The Hall–Kier alpha value is -5.57. The normalized spacial score (nSPS) is 19.4. The van der Waals surface area contributed by atoms with Gasteiger partial charge in [0.2, 0.25) is 5.91 Å². The lowest BCUT2D eigenvalue weighted by atomic mass is 9.72. The zero-order valence-corrected chi connectivity index (χ0v) is 37.8. The summed E-state index contributed by atoms with van der Waals surface area (Å²) in [6, 6.07) is 17.4. The summed E-state index contributed by atoms with van der Waals surface area (Å²) in [6.45, 7) is 1.55. The second-order valence-electron chi connectivity index (χ2n) is 17.4. The largest absolute Gasteiger partial charge is 0.465 e. The quantitative estimate of drug-likeness (QED) is 0.125. The van der Waals surface area contributed by atoms with Crippen molar-refractivity contribution in [1.29, 1.82) is 0 Å². The Kier molecular flexibility index (Phi) is 14.4. The molecule has 67 heavy (non-hydrogen) atoms. The molecule has 0 bridgehead atoms. The van der Waals surface area contributed by atoms with Crippen LogP contribution < -0.4 is 4.90 Å². The lowest BCUT2D eigenvalue weighted by Crippen LogP contribution is -2.50. The van der Waals surface area contributed by atoms with E-state index in [1.54, 1.807) is 31.1 Å². The van der Waals surface area contributed by atoms with E-state index in [0.717, 1.165) is 32.3 Å². The van der Waals surface area contributed by atoms with Gasteiger partial charge in [-0.05, 0) is 104 Å². The highest BCUT2D eigenvalue weighted by Crippen LogP contribution is 2.48. The van der Waals surface area contributed by atoms with Crippen LogP contribution >= 0.6 is 11.3 Å². The zero-order valence-electron chi connectivity index (χ0n) is 37.0. The molecule has 1 aliphatic carbocycles. The summed E-state index contributed by atoms with van der Waals surface area (Å²) in [5, 5.41) is 9.65. The average Bonchev–Trinajstić information content (AvgIpc) is 4.04. The van der Waals surface area contributed by atoms with Crippen LogP contribution in [0, 0.1) is 5.82 Å². The Labute approximate surface area is 386 Å². The first-order chi connectivity index (χ1) is 31.6. The number of likely N-dealkylation sites (tertiary alicyclic amines) is 1.